The topological polar surface area (TPSA) is 40.5 Å². The Morgan fingerprint density at radius 1 is 0.786 bits per heavy atom. The number of aliphatic hydroxyl groups excluding tert-OH is 2. The Bertz CT molecular complexity index is 1230. The van der Waals surface area contributed by atoms with Crippen molar-refractivity contribution in [2.45, 2.75) is 114 Å². The van der Waals surface area contributed by atoms with E-state index in [0.717, 1.165) is 32.1 Å². The quantitative estimate of drug-likeness (QED) is 0.192. The lowest BCUT2D eigenvalue weighted by Crippen LogP contribution is -2.32. The maximum atomic E-state index is 10.1. The standard InChI is InChI=1S/C40H58O2/c1-29(17-13-19-31(3)21-23-37-33(5)25-35(41)27-39(37,7)8)15-11-12-16-30(2)18-14-20-32(4)22-24-38-34(6)26-36(42)28-40(38,9)10/h11-21,23,25,35-37,41-42H,22,24,26-28H2,1-10H3/b12-11+,17-13+,18-14+,23-21+,29-15+,30-16+,31-19+,32-20+/t35-,36-,37+/m1/s1. The predicted octanol–water partition coefficient (Wildman–Crippen LogP) is 10.6. The van der Waals surface area contributed by atoms with E-state index in [9.17, 15) is 10.2 Å². The molecule has 0 amide bonds. The first-order valence-electron chi connectivity index (χ1n) is 15.7. The highest BCUT2D eigenvalue weighted by molar-refractivity contribution is 5.32. The monoisotopic (exact) mass is 570 g/mol. The van der Waals surface area contributed by atoms with Crippen LogP contribution in [0.5, 0.6) is 0 Å². The molecule has 0 saturated heterocycles. The van der Waals surface area contributed by atoms with Gasteiger partial charge in [-0.3, -0.25) is 0 Å². The van der Waals surface area contributed by atoms with Gasteiger partial charge in [-0.1, -0.05) is 146 Å². The van der Waals surface area contributed by atoms with Gasteiger partial charge < -0.3 is 10.2 Å². The largest absolute Gasteiger partial charge is 0.393 e. The third kappa shape index (κ3) is 11.9. The molecule has 2 aliphatic rings. The molecule has 0 fully saturated rings. The second-order valence-corrected chi connectivity index (χ2v) is 14.1. The van der Waals surface area contributed by atoms with Crippen molar-refractivity contribution >= 4 is 0 Å². The van der Waals surface area contributed by atoms with Crippen LogP contribution in [0.1, 0.15) is 101 Å². The molecule has 0 heterocycles. The minimum absolute atomic E-state index is 0.0602. The first kappa shape index (κ1) is 35.5. The van der Waals surface area contributed by atoms with Crippen LogP contribution in [-0.2, 0) is 0 Å². The third-order valence-electron chi connectivity index (χ3n) is 8.75. The van der Waals surface area contributed by atoms with Gasteiger partial charge >= 0.3 is 0 Å². The molecule has 0 aliphatic heterocycles. The molecular formula is C40H58O2. The lowest BCUT2D eigenvalue weighted by Gasteiger charge is -2.38. The van der Waals surface area contributed by atoms with E-state index in [1.54, 1.807) is 0 Å². The van der Waals surface area contributed by atoms with Gasteiger partial charge in [-0.15, -0.1) is 0 Å². The van der Waals surface area contributed by atoms with Gasteiger partial charge in [0.15, 0.2) is 0 Å². The first-order chi connectivity index (χ1) is 19.6. The fourth-order valence-electron chi connectivity index (χ4n) is 6.50. The summed E-state index contributed by atoms with van der Waals surface area (Å²) in [6, 6.07) is 0. The summed E-state index contributed by atoms with van der Waals surface area (Å²) in [6.45, 7) is 21.9. The van der Waals surface area contributed by atoms with Crippen LogP contribution in [0.3, 0.4) is 0 Å². The van der Waals surface area contributed by atoms with Gasteiger partial charge in [0.05, 0.1) is 12.2 Å². The summed E-state index contributed by atoms with van der Waals surface area (Å²) in [7, 11) is 0. The van der Waals surface area contributed by atoms with Crippen LogP contribution in [0.25, 0.3) is 0 Å². The van der Waals surface area contributed by atoms with Crippen molar-refractivity contribution in [2.24, 2.45) is 16.7 Å². The van der Waals surface area contributed by atoms with Crippen LogP contribution in [0.4, 0.5) is 0 Å². The molecule has 2 aliphatic carbocycles. The van der Waals surface area contributed by atoms with E-state index >= 15 is 0 Å². The van der Waals surface area contributed by atoms with Gasteiger partial charge in [0.25, 0.3) is 0 Å². The molecule has 0 saturated carbocycles. The zero-order chi connectivity index (χ0) is 31.5. The molecule has 0 spiro atoms. The summed E-state index contributed by atoms with van der Waals surface area (Å²) >= 11 is 0. The lowest BCUT2D eigenvalue weighted by molar-refractivity contribution is 0.113. The Kier molecular flexibility index (Phi) is 13.7. The van der Waals surface area contributed by atoms with E-state index in [1.165, 1.54) is 39.0 Å². The van der Waals surface area contributed by atoms with Crippen molar-refractivity contribution in [3.05, 3.63) is 118 Å². The molecule has 0 radical (unpaired) electrons. The number of hydrogen-bond donors (Lipinski definition) is 2. The van der Waals surface area contributed by atoms with Crippen LogP contribution >= 0.6 is 0 Å². The number of rotatable bonds is 11. The highest BCUT2D eigenvalue weighted by Crippen LogP contribution is 2.43. The molecule has 42 heavy (non-hydrogen) atoms. The van der Waals surface area contributed by atoms with Crippen molar-refractivity contribution in [1.82, 2.24) is 0 Å². The molecule has 3 atom stereocenters. The van der Waals surface area contributed by atoms with Crippen LogP contribution in [0, 0.1) is 16.7 Å². The van der Waals surface area contributed by atoms with Gasteiger partial charge in [-0.25, -0.2) is 0 Å². The second kappa shape index (κ2) is 16.2. The maximum Gasteiger partial charge on any atom is 0.0729 e. The molecule has 2 nitrogen and oxygen atoms in total. The zero-order valence-electron chi connectivity index (χ0n) is 28.2. The molecule has 2 heteroatoms. The second-order valence-electron chi connectivity index (χ2n) is 14.1. The first-order valence-corrected chi connectivity index (χ1v) is 15.7. The smallest absolute Gasteiger partial charge is 0.0729 e. The molecule has 2 N–H and O–H groups in total. The fraction of sp³-hybridized carbons (Fsp3) is 0.500. The van der Waals surface area contributed by atoms with Crippen LogP contribution in [0.15, 0.2) is 118 Å². The van der Waals surface area contributed by atoms with Crippen molar-refractivity contribution in [3.8, 4) is 0 Å². The van der Waals surface area contributed by atoms with Crippen LogP contribution in [-0.4, -0.2) is 22.4 Å². The number of aliphatic hydroxyl groups is 2. The van der Waals surface area contributed by atoms with Gasteiger partial charge in [0, 0.05) is 5.92 Å². The summed E-state index contributed by atoms with van der Waals surface area (Å²) in [5.41, 5.74) is 9.31. The van der Waals surface area contributed by atoms with Gasteiger partial charge in [0.2, 0.25) is 0 Å². The maximum absolute atomic E-state index is 10.1. The van der Waals surface area contributed by atoms with Crippen LogP contribution < -0.4 is 0 Å². The van der Waals surface area contributed by atoms with E-state index < -0.39 is 0 Å². The Balaban J connectivity index is 1.85. The molecule has 0 aromatic heterocycles. The molecule has 2 rings (SSSR count). The normalized spacial score (nSPS) is 26.4. The highest BCUT2D eigenvalue weighted by atomic mass is 16.3. The summed E-state index contributed by atoms with van der Waals surface area (Å²) in [6.07, 6.45) is 31.9. The summed E-state index contributed by atoms with van der Waals surface area (Å²) < 4.78 is 0. The minimum Gasteiger partial charge on any atom is -0.393 e. The predicted molar refractivity (Wildman–Crippen MR) is 184 cm³/mol. The van der Waals surface area contributed by atoms with E-state index in [1.807, 2.05) is 6.08 Å². The molecule has 0 unspecified atom stereocenters. The van der Waals surface area contributed by atoms with E-state index in [0.29, 0.717) is 5.92 Å². The molecular weight excluding hydrogens is 512 g/mol. The lowest BCUT2D eigenvalue weighted by atomic mass is 9.67. The summed E-state index contributed by atoms with van der Waals surface area (Å²) in [4.78, 5) is 0. The van der Waals surface area contributed by atoms with Crippen molar-refractivity contribution in [1.29, 1.82) is 0 Å². The highest BCUT2D eigenvalue weighted by Gasteiger charge is 2.34. The number of allylic oxidation sites excluding steroid dienone is 18. The van der Waals surface area contributed by atoms with Crippen molar-refractivity contribution < 1.29 is 10.2 Å². The fourth-order valence-corrected chi connectivity index (χ4v) is 6.50. The molecule has 230 valence electrons. The third-order valence-corrected chi connectivity index (χ3v) is 8.75. The average molecular weight is 571 g/mol. The van der Waals surface area contributed by atoms with Crippen molar-refractivity contribution in [3.63, 3.8) is 0 Å². The van der Waals surface area contributed by atoms with E-state index in [-0.39, 0.29) is 23.0 Å². The van der Waals surface area contributed by atoms with Gasteiger partial charge in [-0.05, 0) is 84.5 Å². The van der Waals surface area contributed by atoms with Gasteiger partial charge in [-0.2, -0.15) is 0 Å². The number of hydrogen-bond acceptors (Lipinski definition) is 2. The van der Waals surface area contributed by atoms with Gasteiger partial charge in [0.1, 0.15) is 0 Å². The van der Waals surface area contributed by atoms with Crippen molar-refractivity contribution in [2.75, 3.05) is 0 Å². The molecule has 0 aromatic carbocycles. The minimum atomic E-state index is -0.329. The zero-order valence-corrected chi connectivity index (χ0v) is 28.2. The Morgan fingerprint density at radius 2 is 1.33 bits per heavy atom. The molecule has 0 bridgehead atoms. The summed E-state index contributed by atoms with van der Waals surface area (Å²) in [5.74, 6) is 0.351. The van der Waals surface area contributed by atoms with Crippen LogP contribution in [0.2, 0.25) is 0 Å². The summed E-state index contributed by atoms with van der Waals surface area (Å²) in [5, 5.41) is 20.2. The Hall–Kier alpha value is -2.68. The average Bonchev–Trinajstić information content (AvgIpc) is 2.84. The van der Waals surface area contributed by atoms with E-state index in [2.05, 4.69) is 142 Å². The SMILES string of the molecule is CC1=C[C@@H](O)CC(C)(C)[C@H]1/C=C/C(C)=C/C=C/C(C)=C/C=C/C=C(C)/C=C/C=C(\C)CCC1=C(C)C[C@@H](O)CC1(C)C. The Labute approximate surface area is 258 Å². The Morgan fingerprint density at radius 3 is 1.90 bits per heavy atom. The molecule has 0 aromatic rings. The van der Waals surface area contributed by atoms with E-state index in [4.69, 9.17) is 0 Å².